The summed E-state index contributed by atoms with van der Waals surface area (Å²) in [6, 6.07) is 22.8. The van der Waals surface area contributed by atoms with Crippen LogP contribution in [-0.4, -0.2) is 28.6 Å². The summed E-state index contributed by atoms with van der Waals surface area (Å²) in [7, 11) is 0. The van der Waals surface area contributed by atoms with Crippen LogP contribution in [-0.2, 0) is 17.8 Å². The molecule has 0 saturated heterocycles. The van der Waals surface area contributed by atoms with E-state index in [1.807, 2.05) is 37.3 Å². The van der Waals surface area contributed by atoms with E-state index < -0.39 is 0 Å². The Morgan fingerprint density at radius 2 is 1.78 bits per heavy atom. The van der Waals surface area contributed by atoms with Crippen molar-refractivity contribution >= 4 is 27.7 Å². The van der Waals surface area contributed by atoms with Crippen LogP contribution in [0.4, 0.5) is 0 Å². The van der Waals surface area contributed by atoms with E-state index in [1.54, 1.807) is 0 Å². The van der Waals surface area contributed by atoms with E-state index in [2.05, 4.69) is 46.3 Å². The minimum absolute atomic E-state index is 0.123. The first-order valence-electron chi connectivity index (χ1n) is 11.6. The second-order valence-electron chi connectivity index (χ2n) is 8.01. The number of unbranched alkanes of at least 4 members (excludes halogenated alkanes) is 2. The highest BCUT2D eigenvalue weighted by Gasteiger charge is 2.11. The zero-order valence-corrected chi connectivity index (χ0v) is 18.7. The van der Waals surface area contributed by atoms with Crippen molar-refractivity contribution in [3.8, 4) is 5.75 Å². The van der Waals surface area contributed by atoms with Gasteiger partial charge in [0.15, 0.2) is 0 Å². The number of aromatic nitrogens is 2. The van der Waals surface area contributed by atoms with Crippen LogP contribution in [0.1, 0.15) is 38.4 Å². The SMILES string of the molecule is CCC(=O)NCCCCCc1nc2ccccc2n1CCOc1cccc2ccccc12. The standard InChI is InChI=1S/C27H31N3O2/c1-2-27(31)28-18-9-3-4-17-26-29-23-14-7-8-15-24(23)30(26)19-20-32-25-16-10-12-21-11-5-6-13-22(21)25/h5-8,10-16H,2-4,9,17-20H2,1H3,(H,28,31). The minimum Gasteiger partial charge on any atom is -0.491 e. The largest absolute Gasteiger partial charge is 0.491 e. The Morgan fingerprint density at radius 3 is 2.69 bits per heavy atom. The van der Waals surface area contributed by atoms with E-state index in [9.17, 15) is 4.79 Å². The predicted molar refractivity (Wildman–Crippen MR) is 130 cm³/mol. The molecule has 1 aromatic heterocycles. The zero-order chi connectivity index (χ0) is 22.2. The molecule has 0 radical (unpaired) electrons. The van der Waals surface area contributed by atoms with Gasteiger partial charge in [-0.05, 0) is 36.4 Å². The van der Waals surface area contributed by atoms with Crippen molar-refractivity contribution in [1.29, 1.82) is 0 Å². The van der Waals surface area contributed by atoms with Crippen molar-refractivity contribution in [2.24, 2.45) is 0 Å². The monoisotopic (exact) mass is 429 g/mol. The molecule has 1 heterocycles. The van der Waals surface area contributed by atoms with Crippen LogP contribution in [0.5, 0.6) is 5.75 Å². The van der Waals surface area contributed by atoms with Crippen LogP contribution in [0.25, 0.3) is 21.8 Å². The number of hydrogen-bond donors (Lipinski definition) is 1. The van der Waals surface area contributed by atoms with Gasteiger partial charge in [0.2, 0.25) is 5.91 Å². The minimum atomic E-state index is 0.123. The van der Waals surface area contributed by atoms with Crippen LogP contribution in [0.15, 0.2) is 66.7 Å². The van der Waals surface area contributed by atoms with Gasteiger partial charge in [-0.2, -0.15) is 0 Å². The number of ether oxygens (including phenoxy) is 1. The van der Waals surface area contributed by atoms with Crippen LogP contribution in [0.3, 0.4) is 0 Å². The van der Waals surface area contributed by atoms with Crippen molar-refractivity contribution in [1.82, 2.24) is 14.9 Å². The van der Waals surface area contributed by atoms with Crippen molar-refractivity contribution in [2.75, 3.05) is 13.2 Å². The fourth-order valence-electron chi connectivity index (χ4n) is 4.07. The number of rotatable bonds is 11. The summed E-state index contributed by atoms with van der Waals surface area (Å²) in [5.41, 5.74) is 2.18. The molecule has 0 aliphatic rings. The molecule has 32 heavy (non-hydrogen) atoms. The first-order valence-corrected chi connectivity index (χ1v) is 11.6. The quantitative estimate of drug-likeness (QED) is 0.320. The molecule has 0 saturated carbocycles. The van der Waals surface area contributed by atoms with Crippen molar-refractivity contribution in [3.63, 3.8) is 0 Å². The Bertz CT molecular complexity index is 1180. The third-order valence-electron chi connectivity index (χ3n) is 5.78. The summed E-state index contributed by atoms with van der Waals surface area (Å²) in [4.78, 5) is 16.2. The van der Waals surface area contributed by atoms with Crippen LogP contribution >= 0.6 is 0 Å². The van der Waals surface area contributed by atoms with E-state index in [-0.39, 0.29) is 5.91 Å². The molecule has 0 unspecified atom stereocenters. The zero-order valence-electron chi connectivity index (χ0n) is 18.7. The molecular formula is C27H31N3O2. The van der Waals surface area contributed by atoms with E-state index in [1.165, 1.54) is 5.39 Å². The second-order valence-corrected chi connectivity index (χ2v) is 8.01. The summed E-state index contributed by atoms with van der Waals surface area (Å²) in [6.45, 7) is 3.97. The summed E-state index contributed by atoms with van der Waals surface area (Å²) in [5.74, 6) is 2.14. The van der Waals surface area contributed by atoms with E-state index in [0.29, 0.717) is 13.0 Å². The fraction of sp³-hybridized carbons (Fsp3) is 0.333. The molecule has 4 aromatic rings. The number of nitrogens with zero attached hydrogens (tertiary/aromatic N) is 2. The maximum Gasteiger partial charge on any atom is 0.219 e. The van der Waals surface area contributed by atoms with Gasteiger partial charge in [-0.15, -0.1) is 0 Å². The van der Waals surface area contributed by atoms with Gasteiger partial charge in [0.25, 0.3) is 0 Å². The van der Waals surface area contributed by atoms with Gasteiger partial charge in [-0.3, -0.25) is 4.79 Å². The van der Waals surface area contributed by atoms with Gasteiger partial charge in [0.1, 0.15) is 18.2 Å². The van der Waals surface area contributed by atoms with E-state index in [0.717, 1.165) is 66.8 Å². The third kappa shape index (κ3) is 5.28. The van der Waals surface area contributed by atoms with Crippen molar-refractivity contribution in [2.45, 2.75) is 45.6 Å². The number of carbonyl (C=O) groups is 1. The van der Waals surface area contributed by atoms with Crippen LogP contribution in [0, 0.1) is 0 Å². The van der Waals surface area contributed by atoms with Crippen molar-refractivity contribution in [3.05, 3.63) is 72.6 Å². The molecule has 0 bridgehead atoms. The number of aryl methyl sites for hydroxylation is 1. The molecule has 0 aliphatic heterocycles. The summed E-state index contributed by atoms with van der Waals surface area (Å²) >= 11 is 0. The lowest BCUT2D eigenvalue weighted by Gasteiger charge is -2.12. The topological polar surface area (TPSA) is 56.2 Å². The van der Waals surface area contributed by atoms with Gasteiger partial charge >= 0.3 is 0 Å². The Morgan fingerprint density at radius 1 is 0.969 bits per heavy atom. The average Bonchev–Trinajstić information content (AvgIpc) is 3.18. The van der Waals surface area contributed by atoms with Gasteiger partial charge < -0.3 is 14.6 Å². The Labute approximate surface area is 189 Å². The molecule has 4 rings (SSSR count). The lowest BCUT2D eigenvalue weighted by molar-refractivity contribution is -0.120. The molecule has 0 spiro atoms. The molecule has 0 fully saturated rings. The molecular weight excluding hydrogens is 398 g/mol. The predicted octanol–water partition coefficient (Wildman–Crippen LogP) is 5.51. The molecule has 1 N–H and O–H groups in total. The summed E-state index contributed by atoms with van der Waals surface area (Å²) in [5, 5.41) is 5.27. The molecule has 166 valence electrons. The lowest BCUT2D eigenvalue weighted by atomic mass is 10.1. The normalized spacial score (nSPS) is 11.2. The van der Waals surface area contributed by atoms with Gasteiger partial charge in [0, 0.05) is 24.8 Å². The summed E-state index contributed by atoms with van der Waals surface area (Å²) < 4.78 is 8.49. The number of fused-ring (bicyclic) bond motifs is 2. The number of carbonyl (C=O) groups excluding carboxylic acids is 1. The van der Waals surface area contributed by atoms with Gasteiger partial charge in [0.05, 0.1) is 17.6 Å². The second kappa shape index (κ2) is 10.8. The maximum absolute atomic E-state index is 11.3. The number of para-hydroxylation sites is 2. The average molecular weight is 430 g/mol. The Hall–Kier alpha value is -3.34. The molecule has 5 heteroatoms. The number of amides is 1. The molecule has 3 aromatic carbocycles. The highest BCUT2D eigenvalue weighted by atomic mass is 16.5. The van der Waals surface area contributed by atoms with Gasteiger partial charge in [-0.1, -0.05) is 61.9 Å². The Balaban J connectivity index is 1.38. The number of nitrogens with one attached hydrogen (secondary N) is 1. The molecule has 5 nitrogen and oxygen atoms in total. The first-order chi connectivity index (χ1) is 15.8. The maximum atomic E-state index is 11.3. The highest BCUT2D eigenvalue weighted by Crippen LogP contribution is 2.25. The number of hydrogen-bond acceptors (Lipinski definition) is 3. The molecule has 0 atom stereocenters. The van der Waals surface area contributed by atoms with Crippen LogP contribution in [0.2, 0.25) is 0 Å². The van der Waals surface area contributed by atoms with Crippen LogP contribution < -0.4 is 10.1 Å². The van der Waals surface area contributed by atoms with Crippen molar-refractivity contribution < 1.29 is 9.53 Å². The first kappa shape index (κ1) is 21.9. The number of benzene rings is 3. The fourth-order valence-corrected chi connectivity index (χ4v) is 4.07. The molecule has 1 amide bonds. The summed E-state index contributed by atoms with van der Waals surface area (Å²) in [6.07, 6.45) is 4.58. The lowest BCUT2D eigenvalue weighted by Crippen LogP contribution is -2.23. The van der Waals surface area contributed by atoms with E-state index >= 15 is 0 Å². The smallest absolute Gasteiger partial charge is 0.219 e. The van der Waals surface area contributed by atoms with E-state index in [4.69, 9.17) is 9.72 Å². The highest BCUT2D eigenvalue weighted by molar-refractivity contribution is 5.88. The number of imidazole rings is 1. The van der Waals surface area contributed by atoms with Gasteiger partial charge in [-0.25, -0.2) is 4.98 Å². The Kier molecular flexibility index (Phi) is 7.38. The third-order valence-corrected chi connectivity index (χ3v) is 5.78. The molecule has 0 aliphatic carbocycles.